The standard InChI is InChI=1S/C17H9Cl2N3O2/c18-12-6-5-10(7-13(12)19)17-22-15(9-24-17)16(23)21-14-4-2-1-3-11(14)8-20/h1-7,9H,(H,21,23). The van der Waals surface area contributed by atoms with Crippen molar-refractivity contribution >= 4 is 34.8 Å². The molecule has 1 amide bonds. The average molecular weight is 358 g/mol. The van der Waals surface area contributed by atoms with Crippen molar-refractivity contribution < 1.29 is 9.21 Å². The van der Waals surface area contributed by atoms with Gasteiger partial charge in [-0.2, -0.15) is 5.26 Å². The first-order chi connectivity index (χ1) is 11.6. The summed E-state index contributed by atoms with van der Waals surface area (Å²) in [5.41, 5.74) is 1.45. The van der Waals surface area contributed by atoms with Gasteiger partial charge < -0.3 is 9.73 Å². The number of amides is 1. The van der Waals surface area contributed by atoms with Gasteiger partial charge >= 0.3 is 0 Å². The molecule has 3 rings (SSSR count). The van der Waals surface area contributed by atoms with Crippen LogP contribution in [-0.2, 0) is 0 Å². The highest BCUT2D eigenvalue weighted by atomic mass is 35.5. The van der Waals surface area contributed by atoms with E-state index in [-0.39, 0.29) is 11.6 Å². The maximum atomic E-state index is 12.3. The fraction of sp³-hybridized carbons (Fsp3) is 0. The molecule has 1 heterocycles. The normalized spacial score (nSPS) is 10.2. The van der Waals surface area contributed by atoms with E-state index >= 15 is 0 Å². The summed E-state index contributed by atoms with van der Waals surface area (Å²) in [6.45, 7) is 0. The third-order valence-electron chi connectivity index (χ3n) is 3.20. The van der Waals surface area contributed by atoms with Crippen molar-refractivity contribution in [1.82, 2.24) is 4.98 Å². The number of nitrogens with zero attached hydrogens (tertiary/aromatic N) is 2. The Labute approximate surface area is 147 Å². The molecular weight excluding hydrogens is 349 g/mol. The minimum absolute atomic E-state index is 0.0869. The second-order valence-electron chi connectivity index (χ2n) is 4.78. The molecule has 0 radical (unpaired) electrons. The molecule has 0 spiro atoms. The van der Waals surface area contributed by atoms with Gasteiger partial charge in [-0.15, -0.1) is 0 Å². The van der Waals surface area contributed by atoms with Crippen molar-refractivity contribution in [3.8, 4) is 17.5 Å². The summed E-state index contributed by atoms with van der Waals surface area (Å²) >= 11 is 11.8. The van der Waals surface area contributed by atoms with E-state index in [1.165, 1.54) is 6.26 Å². The van der Waals surface area contributed by atoms with Gasteiger partial charge in [-0.1, -0.05) is 35.3 Å². The van der Waals surface area contributed by atoms with Crippen molar-refractivity contribution in [2.45, 2.75) is 0 Å². The van der Waals surface area contributed by atoms with Crippen LogP contribution >= 0.6 is 23.2 Å². The van der Waals surface area contributed by atoms with Gasteiger partial charge in [0.1, 0.15) is 12.3 Å². The zero-order valence-corrected chi connectivity index (χ0v) is 13.6. The van der Waals surface area contributed by atoms with E-state index in [1.54, 1.807) is 42.5 Å². The Bertz CT molecular complexity index is 960. The van der Waals surface area contributed by atoms with Crippen LogP contribution in [0.3, 0.4) is 0 Å². The molecule has 24 heavy (non-hydrogen) atoms. The summed E-state index contributed by atoms with van der Waals surface area (Å²) in [5, 5.41) is 12.5. The van der Waals surface area contributed by atoms with Crippen LogP contribution in [-0.4, -0.2) is 10.9 Å². The summed E-state index contributed by atoms with van der Waals surface area (Å²) < 4.78 is 5.32. The summed E-state index contributed by atoms with van der Waals surface area (Å²) in [6.07, 6.45) is 1.24. The Morgan fingerprint density at radius 2 is 1.96 bits per heavy atom. The summed E-state index contributed by atoms with van der Waals surface area (Å²) in [6, 6.07) is 13.6. The van der Waals surface area contributed by atoms with E-state index in [2.05, 4.69) is 10.3 Å². The fourth-order valence-corrected chi connectivity index (χ4v) is 2.31. The van der Waals surface area contributed by atoms with Crippen LogP contribution in [0.5, 0.6) is 0 Å². The van der Waals surface area contributed by atoms with Crippen LogP contribution in [0.1, 0.15) is 16.1 Å². The SMILES string of the molecule is N#Cc1ccccc1NC(=O)c1coc(-c2ccc(Cl)c(Cl)c2)n1. The van der Waals surface area contributed by atoms with Gasteiger partial charge in [-0.05, 0) is 30.3 Å². The quantitative estimate of drug-likeness (QED) is 0.731. The van der Waals surface area contributed by atoms with E-state index in [0.717, 1.165) is 0 Å². The number of aromatic nitrogens is 1. The monoisotopic (exact) mass is 357 g/mol. The Morgan fingerprint density at radius 3 is 2.71 bits per heavy atom. The van der Waals surface area contributed by atoms with E-state index in [9.17, 15) is 4.79 Å². The second-order valence-corrected chi connectivity index (χ2v) is 5.59. The minimum Gasteiger partial charge on any atom is -0.444 e. The van der Waals surface area contributed by atoms with Gasteiger partial charge in [0.05, 0.1) is 21.3 Å². The topological polar surface area (TPSA) is 78.9 Å². The number of anilines is 1. The van der Waals surface area contributed by atoms with Crippen LogP contribution in [0.15, 0.2) is 53.1 Å². The first kappa shape index (κ1) is 16.1. The first-order valence-corrected chi connectivity index (χ1v) is 7.55. The Hall–Kier alpha value is -2.81. The third-order valence-corrected chi connectivity index (χ3v) is 3.94. The Balaban J connectivity index is 1.84. The highest BCUT2D eigenvalue weighted by Crippen LogP contribution is 2.28. The van der Waals surface area contributed by atoms with Gasteiger partial charge in [0.25, 0.3) is 5.91 Å². The maximum absolute atomic E-state index is 12.3. The smallest absolute Gasteiger partial charge is 0.277 e. The molecule has 0 saturated carbocycles. The molecule has 0 saturated heterocycles. The van der Waals surface area contributed by atoms with Crippen LogP contribution in [0.25, 0.3) is 11.5 Å². The summed E-state index contributed by atoms with van der Waals surface area (Å²) in [4.78, 5) is 16.4. The van der Waals surface area contributed by atoms with Gasteiger partial charge in [-0.3, -0.25) is 4.79 Å². The van der Waals surface area contributed by atoms with Crippen LogP contribution in [0.2, 0.25) is 10.0 Å². The number of rotatable bonds is 3. The molecule has 0 unspecified atom stereocenters. The number of hydrogen-bond acceptors (Lipinski definition) is 4. The molecule has 0 fully saturated rings. The molecule has 0 bridgehead atoms. The number of carbonyl (C=O) groups is 1. The first-order valence-electron chi connectivity index (χ1n) is 6.80. The Kier molecular flexibility index (Phi) is 4.52. The molecule has 1 N–H and O–H groups in total. The predicted molar refractivity (Wildman–Crippen MR) is 91.1 cm³/mol. The number of para-hydroxylation sites is 1. The number of nitrogens with one attached hydrogen (secondary N) is 1. The maximum Gasteiger partial charge on any atom is 0.277 e. The number of benzene rings is 2. The molecule has 1 aromatic heterocycles. The molecule has 3 aromatic rings. The van der Waals surface area contributed by atoms with Gasteiger partial charge in [0.2, 0.25) is 5.89 Å². The number of oxazole rings is 1. The van der Waals surface area contributed by atoms with E-state index in [0.29, 0.717) is 26.9 Å². The molecular formula is C17H9Cl2N3O2. The zero-order valence-electron chi connectivity index (χ0n) is 12.1. The molecule has 0 aliphatic carbocycles. The predicted octanol–water partition coefficient (Wildman–Crippen LogP) is 4.77. The third kappa shape index (κ3) is 3.25. The van der Waals surface area contributed by atoms with Crippen molar-refractivity contribution in [2.75, 3.05) is 5.32 Å². The summed E-state index contributed by atoms with van der Waals surface area (Å²) in [5.74, 6) is -0.236. The van der Waals surface area contributed by atoms with Gasteiger partial charge in [0.15, 0.2) is 5.69 Å². The van der Waals surface area contributed by atoms with Crippen LogP contribution < -0.4 is 5.32 Å². The lowest BCUT2D eigenvalue weighted by Crippen LogP contribution is -2.13. The lowest BCUT2D eigenvalue weighted by Gasteiger charge is -2.04. The lowest BCUT2D eigenvalue weighted by atomic mass is 10.2. The van der Waals surface area contributed by atoms with E-state index < -0.39 is 5.91 Å². The van der Waals surface area contributed by atoms with Crippen LogP contribution in [0.4, 0.5) is 5.69 Å². The Morgan fingerprint density at radius 1 is 1.17 bits per heavy atom. The molecule has 7 heteroatoms. The highest BCUT2D eigenvalue weighted by molar-refractivity contribution is 6.42. The van der Waals surface area contributed by atoms with Gasteiger partial charge in [0, 0.05) is 5.56 Å². The molecule has 118 valence electrons. The van der Waals surface area contributed by atoms with Gasteiger partial charge in [-0.25, -0.2) is 4.98 Å². The van der Waals surface area contributed by atoms with Crippen molar-refractivity contribution in [3.63, 3.8) is 0 Å². The molecule has 5 nitrogen and oxygen atoms in total. The largest absolute Gasteiger partial charge is 0.444 e. The number of hydrogen-bond donors (Lipinski definition) is 1. The van der Waals surface area contributed by atoms with Crippen molar-refractivity contribution in [3.05, 3.63) is 70.0 Å². The average Bonchev–Trinajstić information content (AvgIpc) is 3.08. The highest BCUT2D eigenvalue weighted by Gasteiger charge is 2.15. The molecule has 0 aliphatic rings. The van der Waals surface area contributed by atoms with Crippen molar-refractivity contribution in [1.29, 1.82) is 5.26 Å². The number of carbonyl (C=O) groups excluding carboxylic acids is 1. The van der Waals surface area contributed by atoms with E-state index in [4.69, 9.17) is 32.9 Å². The lowest BCUT2D eigenvalue weighted by molar-refractivity contribution is 0.102. The van der Waals surface area contributed by atoms with E-state index in [1.807, 2.05) is 6.07 Å². The summed E-state index contributed by atoms with van der Waals surface area (Å²) in [7, 11) is 0. The van der Waals surface area contributed by atoms with Crippen LogP contribution in [0, 0.1) is 11.3 Å². The molecule has 0 aliphatic heterocycles. The second kappa shape index (κ2) is 6.75. The molecule has 2 aromatic carbocycles. The fourth-order valence-electron chi connectivity index (χ4n) is 2.02. The minimum atomic E-state index is -0.479. The zero-order chi connectivity index (χ0) is 17.1. The van der Waals surface area contributed by atoms with Crippen molar-refractivity contribution in [2.24, 2.45) is 0 Å². The number of nitriles is 1. The molecule has 0 atom stereocenters. The number of halogens is 2.